The van der Waals surface area contributed by atoms with Crippen molar-refractivity contribution in [3.05, 3.63) is 52.6 Å². The van der Waals surface area contributed by atoms with Crippen LogP contribution in [0.4, 0.5) is 0 Å². The fourth-order valence-electron chi connectivity index (χ4n) is 1.86. The fraction of sp³-hybridized carbons (Fsp3) is 0.0833. The van der Waals surface area contributed by atoms with Gasteiger partial charge in [-0.05, 0) is 0 Å². The van der Waals surface area contributed by atoms with E-state index in [4.69, 9.17) is 5.73 Å². The van der Waals surface area contributed by atoms with Crippen LogP contribution in [-0.4, -0.2) is 19.6 Å². The number of aromatic nitrogens is 4. The molecular weight excluding hydrogens is 230 g/mol. The number of hydrogen-bond donors (Lipinski definition) is 2. The Morgan fingerprint density at radius 1 is 1.28 bits per heavy atom. The molecule has 6 nitrogen and oxygen atoms in total. The smallest absolute Gasteiger partial charge is 0.261 e. The van der Waals surface area contributed by atoms with Crippen LogP contribution in [0.5, 0.6) is 0 Å². The van der Waals surface area contributed by atoms with Crippen molar-refractivity contribution in [3.63, 3.8) is 0 Å². The predicted octanol–water partition coefficient (Wildman–Crippen LogP) is 0.543. The van der Waals surface area contributed by atoms with Crippen molar-refractivity contribution < 1.29 is 0 Å². The zero-order chi connectivity index (χ0) is 12.5. The Balaban J connectivity index is 2.26. The topological polar surface area (TPSA) is 89.1 Å². The van der Waals surface area contributed by atoms with E-state index in [1.165, 1.54) is 10.5 Å². The number of aromatic amines is 1. The molecule has 3 rings (SSSR count). The molecule has 0 atom stereocenters. The molecular formula is C12H11N5O. The second-order valence-electron chi connectivity index (χ2n) is 3.85. The van der Waals surface area contributed by atoms with Crippen LogP contribution in [0.2, 0.25) is 0 Å². The van der Waals surface area contributed by atoms with Crippen LogP contribution in [0.1, 0.15) is 5.82 Å². The highest BCUT2D eigenvalue weighted by molar-refractivity contribution is 5.60. The molecule has 18 heavy (non-hydrogen) atoms. The van der Waals surface area contributed by atoms with Crippen LogP contribution in [-0.2, 0) is 6.54 Å². The predicted molar refractivity (Wildman–Crippen MR) is 66.9 cm³/mol. The van der Waals surface area contributed by atoms with E-state index in [9.17, 15) is 4.79 Å². The molecule has 0 saturated heterocycles. The third-order valence-corrected chi connectivity index (χ3v) is 2.71. The van der Waals surface area contributed by atoms with Crippen LogP contribution in [0, 0.1) is 0 Å². The van der Waals surface area contributed by atoms with Crippen molar-refractivity contribution in [1.82, 2.24) is 19.6 Å². The van der Waals surface area contributed by atoms with Gasteiger partial charge in [0.25, 0.3) is 5.56 Å². The number of nitrogens with two attached hydrogens (primary N) is 1. The van der Waals surface area contributed by atoms with Gasteiger partial charge in [0, 0.05) is 11.6 Å². The van der Waals surface area contributed by atoms with Gasteiger partial charge < -0.3 is 5.73 Å². The minimum Gasteiger partial charge on any atom is -0.324 e. The van der Waals surface area contributed by atoms with Crippen LogP contribution < -0.4 is 11.3 Å². The molecule has 0 radical (unpaired) electrons. The van der Waals surface area contributed by atoms with Crippen molar-refractivity contribution in [2.24, 2.45) is 5.73 Å². The molecule has 1 aromatic carbocycles. The first-order valence-electron chi connectivity index (χ1n) is 5.52. The Morgan fingerprint density at radius 2 is 2.06 bits per heavy atom. The first kappa shape index (κ1) is 10.7. The molecule has 0 spiro atoms. The molecule has 0 amide bonds. The lowest BCUT2D eigenvalue weighted by atomic mass is 10.1. The van der Waals surface area contributed by atoms with E-state index in [-0.39, 0.29) is 12.1 Å². The van der Waals surface area contributed by atoms with Crippen LogP contribution in [0.3, 0.4) is 0 Å². The average Bonchev–Trinajstić information content (AvgIpc) is 2.83. The minimum atomic E-state index is -0.187. The van der Waals surface area contributed by atoms with Crippen molar-refractivity contribution in [3.8, 4) is 11.3 Å². The third-order valence-electron chi connectivity index (χ3n) is 2.71. The highest BCUT2D eigenvalue weighted by Crippen LogP contribution is 2.14. The number of H-pyrrole nitrogens is 1. The summed E-state index contributed by atoms with van der Waals surface area (Å²) in [6.45, 7) is 0.187. The summed E-state index contributed by atoms with van der Waals surface area (Å²) < 4.78 is 1.38. The van der Waals surface area contributed by atoms with Crippen LogP contribution in [0.25, 0.3) is 17.0 Å². The Morgan fingerprint density at radius 3 is 2.78 bits per heavy atom. The summed E-state index contributed by atoms with van der Waals surface area (Å²) in [4.78, 5) is 16.4. The Hall–Kier alpha value is -2.47. The zero-order valence-electron chi connectivity index (χ0n) is 9.50. The molecule has 0 aliphatic rings. The maximum atomic E-state index is 12.0. The highest BCUT2D eigenvalue weighted by atomic mass is 16.1. The van der Waals surface area contributed by atoms with Gasteiger partial charge in [-0.2, -0.15) is 5.10 Å². The summed E-state index contributed by atoms with van der Waals surface area (Å²) >= 11 is 0. The van der Waals surface area contributed by atoms with Crippen molar-refractivity contribution in [2.45, 2.75) is 6.54 Å². The number of benzene rings is 1. The average molecular weight is 241 g/mol. The maximum absolute atomic E-state index is 12.0. The molecule has 0 saturated carbocycles. The Labute approximate surface area is 102 Å². The summed E-state index contributed by atoms with van der Waals surface area (Å²) in [7, 11) is 0. The van der Waals surface area contributed by atoms with Crippen molar-refractivity contribution in [1.29, 1.82) is 0 Å². The highest BCUT2D eigenvalue weighted by Gasteiger charge is 2.09. The molecule has 90 valence electrons. The quantitative estimate of drug-likeness (QED) is 0.685. The van der Waals surface area contributed by atoms with E-state index in [0.717, 1.165) is 5.56 Å². The van der Waals surface area contributed by atoms with Crippen molar-refractivity contribution in [2.75, 3.05) is 0 Å². The molecule has 0 fully saturated rings. The molecule has 3 N–H and O–H groups in total. The van der Waals surface area contributed by atoms with E-state index in [0.29, 0.717) is 17.3 Å². The third kappa shape index (κ3) is 1.59. The van der Waals surface area contributed by atoms with E-state index in [1.807, 2.05) is 30.3 Å². The zero-order valence-corrected chi connectivity index (χ0v) is 9.50. The molecule has 3 aromatic rings. The van der Waals surface area contributed by atoms with E-state index >= 15 is 0 Å². The lowest BCUT2D eigenvalue weighted by Crippen LogP contribution is -2.17. The van der Waals surface area contributed by atoms with Gasteiger partial charge in [-0.15, -0.1) is 0 Å². The van der Waals surface area contributed by atoms with E-state index in [2.05, 4.69) is 15.2 Å². The molecule has 2 aromatic heterocycles. The molecule has 0 aliphatic heterocycles. The summed E-state index contributed by atoms with van der Waals surface area (Å²) in [5.74, 6) is 0.879. The van der Waals surface area contributed by atoms with Gasteiger partial charge >= 0.3 is 0 Å². The standard InChI is InChI=1S/C12H11N5O/c13-7-10-15-16-12-14-9(6-11(18)17(10)12)8-4-2-1-3-5-8/h1-6H,7,13H2,(H,14,16). The van der Waals surface area contributed by atoms with Gasteiger partial charge in [-0.25, -0.2) is 14.5 Å². The lowest BCUT2D eigenvalue weighted by Gasteiger charge is -2.00. The van der Waals surface area contributed by atoms with Gasteiger partial charge in [0.2, 0.25) is 5.78 Å². The number of hydrogen-bond acceptors (Lipinski definition) is 4. The molecule has 6 heteroatoms. The largest absolute Gasteiger partial charge is 0.324 e. The molecule has 2 heterocycles. The molecule has 0 aliphatic carbocycles. The summed E-state index contributed by atoms with van der Waals surface area (Å²) in [6.07, 6.45) is 0. The first-order valence-corrected chi connectivity index (χ1v) is 5.52. The maximum Gasteiger partial charge on any atom is 0.261 e. The van der Waals surface area contributed by atoms with Crippen molar-refractivity contribution >= 4 is 5.78 Å². The fourth-order valence-corrected chi connectivity index (χ4v) is 1.86. The number of rotatable bonds is 2. The summed E-state index contributed by atoms with van der Waals surface area (Å²) in [5, 5.41) is 6.67. The Kier molecular flexibility index (Phi) is 2.42. The summed E-state index contributed by atoms with van der Waals surface area (Å²) in [6, 6.07) is 11.0. The summed E-state index contributed by atoms with van der Waals surface area (Å²) in [5.41, 5.74) is 6.83. The Bertz CT molecular complexity index is 744. The molecule has 0 bridgehead atoms. The SMILES string of the molecule is NCc1n[nH]c2nc(-c3ccccc3)cc(=O)n12. The minimum absolute atomic E-state index is 0.187. The van der Waals surface area contributed by atoms with Gasteiger partial charge in [0.1, 0.15) is 0 Å². The van der Waals surface area contributed by atoms with Crippen LogP contribution >= 0.6 is 0 Å². The number of nitrogens with zero attached hydrogens (tertiary/aromatic N) is 3. The number of nitrogens with one attached hydrogen (secondary N) is 1. The van der Waals surface area contributed by atoms with E-state index in [1.54, 1.807) is 0 Å². The normalized spacial score (nSPS) is 10.9. The van der Waals surface area contributed by atoms with Gasteiger partial charge in [-0.1, -0.05) is 30.3 Å². The number of fused-ring (bicyclic) bond motifs is 1. The first-order chi connectivity index (χ1) is 8.79. The van der Waals surface area contributed by atoms with Gasteiger partial charge in [-0.3, -0.25) is 4.79 Å². The second kappa shape index (κ2) is 4.08. The van der Waals surface area contributed by atoms with E-state index < -0.39 is 0 Å². The lowest BCUT2D eigenvalue weighted by molar-refractivity contribution is 0.867. The monoisotopic (exact) mass is 241 g/mol. The van der Waals surface area contributed by atoms with Crippen LogP contribution in [0.15, 0.2) is 41.2 Å². The second-order valence-corrected chi connectivity index (χ2v) is 3.85. The molecule has 0 unspecified atom stereocenters. The van der Waals surface area contributed by atoms with Gasteiger partial charge in [0.05, 0.1) is 12.2 Å². The van der Waals surface area contributed by atoms with Gasteiger partial charge in [0.15, 0.2) is 5.82 Å².